The molecule has 1 aromatic rings. The van der Waals surface area contributed by atoms with Crippen LogP contribution in [0.4, 0.5) is 0 Å². The van der Waals surface area contributed by atoms with E-state index in [4.69, 9.17) is 0 Å². The van der Waals surface area contributed by atoms with Crippen molar-refractivity contribution in [2.24, 2.45) is 0 Å². The normalized spacial score (nSPS) is 12.4. The van der Waals surface area contributed by atoms with Gasteiger partial charge in [-0.1, -0.05) is 57.0 Å². The van der Waals surface area contributed by atoms with E-state index in [2.05, 4.69) is 26.0 Å². The van der Waals surface area contributed by atoms with Crippen molar-refractivity contribution >= 4 is 5.57 Å². The summed E-state index contributed by atoms with van der Waals surface area (Å²) in [5.74, 6) is 0.589. The lowest BCUT2D eigenvalue weighted by molar-refractivity contribution is 0.384. The molecule has 0 heterocycles. The zero-order chi connectivity index (χ0) is 12.5. The molecule has 0 aliphatic heterocycles. The first-order valence-corrected chi connectivity index (χ1v) is 6.76. The van der Waals surface area contributed by atoms with E-state index in [0.29, 0.717) is 5.76 Å². The van der Waals surface area contributed by atoms with Gasteiger partial charge in [0.25, 0.3) is 0 Å². The smallest absolute Gasteiger partial charge is 0.0960 e. The summed E-state index contributed by atoms with van der Waals surface area (Å²) in [6.07, 6.45) is 6.28. The van der Waals surface area contributed by atoms with Crippen LogP contribution in [-0.4, -0.2) is 5.11 Å². The largest absolute Gasteiger partial charge is 0.512 e. The molecule has 0 aromatic heterocycles. The molecule has 0 saturated heterocycles. The van der Waals surface area contributed by atoms with Crippen LogP contribution in [0.3, 0.4) is 0 Å². The van der Waals surface area contributed by atoms with E-state index < -0.39 is 0 Å². The number of rotatable bonds is 7. The number of benzene rings is 1. The second-order valence-corrected chi connectivity index (χ2v) is 4.50. The molecule has 0 atom stereocenters. The third kappa shape index (κ3) is 4.64. The van der Waals surface area contributed by atoms with E-state index in [-0.39, 0.29) is 0 Å². The molecule has 0 spiro atoms. The van der Waals surface area contributed by atoms with Gasteiger partial charge in [0.2, 0.25) is 0 Å². The molecule has 0 aliphatic rings. The molecule has 0 amide bonds. The number of hydrogen-bond donors (Lipinski definition) is 1. The third-order valence-electron chi connectivity index (χ3n) is 3.02. The predicted molar refractivity (Wildman–Crippen MR) is 75.0 cm³/mol. The Bertz CT molecular complexity index is 338. The SMILES string of the molecule is CCCCC(O)=C(CCCC)c1ccccc1. The summed E-state index contributed by atoms with van der Waals surface area (Å²) in [6, 6.07) is 10.3. The molecule has 0 bridgehead atoms. The lowest BCUT2D eigenvalue weighted by Gasteiger charge is -2.11. The van der Waals surface area contributed by atoms with Crippen molar-refractivity contribution in [3.8, 4) is 0 Å². The fourth-order valence-electron chi connectivity index (χ4n) is 1.94. The second-order valence-electron chi connectivity index (χ2n) is 4.50. The average molecular weight is 232 g/mol. The topological polar surface area (TPSA) is 20.2 Å². The fourth-order valence-corrected chi connectivity index (χ4v) is 1.94. The van der Waals surface area contributed by atoms with Crippen LogP contribution in [-0.2, 0) is 0 Å². The van der Waals surface area contributed by atoms with Crippen molar-refractivity contribution < 1.29 is 5.11 Å². The molecule has 94 valence electrons. The van der Waals surface area contributed by atoms with Crippen LogP contribution in [0.5, 0.6) is 0 Å². The zero-order valence-electron chi connectivity index (χ0n) is 11.1. The predicted octanol–water partition coefficient (Wildman–Crippen LogP) is 5.34. The highest BCUT2D eigenvalue weighted by molar-refractivity contribution is 5.67. The Morgan fingerprint density at radius 2 is 1.53 bits per heavy atom. The Hall–Kier alpha value is -1.24. The van der Waals surface area contributed by atoms with E-state index >= 15 is 0 Å². The van der Waals surface area contributed by atoms with Crippen LogP contribution in [0.1, 0.15) is 57.9 Å². The first-order valence-electron chi connectivity index (χ1n) is 6.76. The van der Waals surface area contributed by atoms with Gasteiger partial charge in [0.1, 0.15) is 0 Å². The molecule has 0 fully saturated rings. The number of aliphatic hydroxyl groups excluding tert-OH is 1. The molecule has 0 saturated carbocycles. The maximum Gasteiger partial charge on any atom is 0.0960 e. The van der Waals surface area contributed by atoms with Gasteiger partial charge in [-0.2, -0.15) is 0 Å². The lowest BCUT2D eigenvalue weighted by Crippen LogP contribution is -1.93. The van der Waals surface area contributed by atoms with Crippen molar-refractivity contribution in [1.29, 1.82) is 0 Å². The highest BCUT2D eigenvalue weighted by Crippen LogP contribution is 2.25. The number of allylic oxidation sites excluding steroid dienone is 2. The van der Waals surface area contributed by atoms with E-state index in [9.17, 15) is 5.11 Å². The standard InChI is InChI=1S/C16H24O/c1-3-5-12-15(16(17)13-6-4-2)14-10-8-7-9-11-14/h7-11,17H,3-6,12-13H2,1-2H3. The van der Waals surface area contributed by atoms with E-state index in [0.717, 1.165) is 44.1 Å². The first kappa shape index (κ1) is 13.8. The maximum absolute atomic E-state index is 10.2. The van der Waals surface area contributed by atoms with E-state index in [1.807, 2.05) is 18.2 Å². The Balaban J connectivity index is 2.86. The van der Waals surface area contributed by atoms with Crippen molar-refractivity contribution in [2.45, 2.75) is 52.4 Å². The number of unbranched alkanes of at least 4 members (excludes halogenated alkanes) is 2. The van der Waals surface area contributed by atoms with Gasteiger partial charge in [-0.25, -0.2) is 0 Å². The molecule has 0 radical (unpaired) electrons. The van der Waals surface area contributed by atoms with Crippen molar-refractivity contribution in [3.63, 3.8) is 0 Å². The summed E-state index contributed by atoms with van der Waals surface area (Å²) < 4.78 is 0. The molecule has 0 unspecified atom stereocenters. The summed E-state index contributed by atoms with van der Waals surface area (Å²) in [6.45, 7) is 4.34. The molecular formula is C16H24O. The minimum Gasteiger partial charge on any atom is -0.512 e. The van der Waals surface area contributed by atoms with Crippen LogP contribution in [0.25, 0.3) is 5.57 Å². The van der Waals surface area contributed by atoms with Crippen LogP contribution in [0.15, 0.2) is 36.1 Å². The first-order chi connectivity index (χ1) is 8.29. The Morgan fingerprint density at radius 1 is 0.941 bits per heavy atom. The van der Waals surface area contributed by atoms with Gasteiger partial charge in [0.05, 0.1) is 5.76 Å². The number of hydrogen-bond acceptors (Lipinski definition) is 1. The van der Waals surface area contributed by atoms with Crippen LogP contribution in [0, 0.1) is 0 Å². The van der Waals surface area contributed by atoms with Gasteiger partial charge in [0, 0.05) is 6.42 Å². The number of aliphatic hydroxyl groups is 1. The van der Waals surface area contributed by atoms with Crippen LogP contribution < -0.4 is 0 Å². The van der Waals surface area contributed by atoms with Crippen LogP contribution in [0.2, 0.25) is 0 Å². The van der Waals surface area contributed by atoms with Gasteiger partial charge < -0.3 is 5.11 Å². The Labute approximate surface area is 105 Å². The maximum atomic E-state index is 10.2. The fraction of sp³-hybridized carbons (Fsp3) is 0.500. The third-order valence-corrected chi connectivity index (χ3v) is 3.02. The highest BCUT2D eigenvalue weighted by Gasteiger charge is 2.07. The van der Waals surface area contributed by atoms with Crippen molar-refractivity contribution in [1.82, 2.24) is 0 Å². The molecule has 17 heavy (non-hydrogen) atoms. The molecule has 1 rings (SSSR count). The van der Waals surface area contributed by atoms with Gasteiger partial charge in [-0.05, 0) is 30.4 Å². The summed E-state index contributed by atoms with van der Waals surface area (Å²) in [5.41, 5.74) is 2.32. The summed E-state index contributed by atoms with van der Waals surface area (Å²) in [5, 5.41) is 10.2. The van der Waals surface area contributed by atoms with Crippen molar-refractivity contribution in [2.75, 3.05) is 0 Å². The molecule has 1 N–H and O–H groups in total. The van der Waals surface area contributed by atoms with Gasteiger partial charge in [-0.3, -0.25) is 0 Å². The minimum atomic E-state index is 0.589. The van der Waals surface area contributed by atoms with Crippen molar-refractivity contribution in [3.05, 3.63) is 41.7 Å². The average Bonchev–Trinajstić information content (AvgIpc) is 2.38. The summed E-state index contributed by atoms with van der Waals surface area (Å²) >= 11 is 0. The summed E-state index contributed by atoms with van der Waals surface area (Å²) in [7, 11) is 0. The minimum absolute atomic E-state index is 0.589. The monoisotopic (exact) mass is 232 g/mol. The van der Waals surface area contributed by atoms with Gasteiger partial charge >= 0.3 is 0 Å². The quantitative estimate of drug-likeness (QED) is 0.629. The van der Waals surface area contributed by atoms with E-state index in [1.165, 1.54) is 5.56 Å². The highest BCUT2D eigenvalue weighted by atomic mass is 16.3. The molecule has 1 nitrogen and oxygen atoms in total. The van der Waals surface area contributed by atoms with E-state index in [1.54, 1.807) is 0 Å². The van der Waals surface area contributed by atoms with Crippen LogP contribution >= 0.6 is 0 Å². The molecule has 1 aromatic carbocycles. The Morgan fingerprint density at radius 3 is 2.12 bits per heavy atom. The van der Waals surface area contributed by atoms with Gasteiger partial charge in [0.15, 0.2) is 0 Å². The molecule has 1 heteroatoms. The van der Waals surface area contributed by atoms with Gasteiger partial charge in [-0.15, -0.1) is 0 Å². The Kier molecular flexibility index (Phi) is 6.46. The molecule has 0 aliphatic carbocycles. The molecular weight excluding hydrogens is 208 g/mol. The lowest BCUT2D eigenvalue weighted by atomic mass is 9.97. The second kappa shape index (κ2) is 7.94. The summed E-state index contributed by atoms with van der Waals surface area (Å²) in [4.78, 5) is 0. The zero-order valence-corrected chi connectivity index (χ0v) is 11.1.